The van der Waals surface area contributed by atoms with Crippen LogP contribution in [-0.4, -0.2) is 19.9 Å². The number of benzene rings is 4. The fraction of sp³-hybridized carbons (Fsp3) is 0. The lowest BCUT2D eigenvalue weighted by Gasteiger charge is -2.11. The Hall–Kier alpha value is -4.18. The molecule has 30 heavy (non-hydrogen) atoms. The molecule has 6 aromatic rings. The molecule has 4 nitrogen and oxygen atoms in total. The maximum atomic E-state index is 4.83. The van der Waals surface area contributed by atoms with Crippen LogP contribution < -0.4 is 0 Å². The van der Waals surface area contributed by atoms with Gasteiger partial charge in [-0.15, -0.1) is 0 Å². The van der Waals surface area contributed by atoms with Crippen LogP contribution in [0.1, 0.15) is 0 Å². The third kappa shape index (κ3) is 2.70. The molecule has 0 spiro atoms. The van der Waals surface area contributed by atoms with E-state index in [0.717, 1.165) is 56.0 Å². The lowest BCUT2D eigenvalue weighted by Crippen LogP contribution is -1.91. The van der Waals surface area contributed by atoms with E-state index >= 15 is 0 Å². The molecule has 0 fully saturated rings. The lowest BCUT2D eigenvalue weighted by molar-refractivity contribution is 1.32. The van der Waals surface area contributed by atoms with Gasteiger partial charge in [0, 0.05) is 11.1 Å². The molecule has 2 heterocycles. The van der Waals surface area contributed by atoms with Crippen LogP contribution in [0.15, 0.2) is 97.1 Å². The van der Waals surface area contributed by atoms with Crippen molar-refractivity contribution in [2.75, 3.05) is 0 Å². The summed E-state index contributed by atoms with van der Waals surface area (Å²) >= 11 is 0. The second kappa shape index (κ2) is 6.71. The third-order valence-electron chi connectivity index (χ3n) is 5.43. The summed E-state index contributed by atoms with van der Waals surface area (Å²) in [7, 11) is 0. The Morgan fingerprint density at radius 1 is 0.400 bits per heavy atom. The Balaban J connectivity index is 1.56. The third-order valence-corrected chi connectivity index (χ3v) is 5.43. The van der Waals surface area contributed by atoms with Crippen molar-refractivity contribution in [3.8, 4) is 33.9 Å². The highest BCUT2D eigenvalue weighted by molar-refractivity contribution is 5.92. The van der Waals surface area contributed by atoms with Gasteiger partial charge in [0.05, 0.1) is 22.1 Å². The zero-order valence-electron chi connectivity index (χ0n) is 16.1. The topological polar surface area (TPSA) is 57.4 Å². The molecule has 0 unspecified atom stereocenters. The zero-order chi connectivity index (χ0) is 19.9. The van der Waals surface area contributed by atoms with E-state index in [1.165, 1.54) is 0 Å². The highest BCUT2D eigenvalue weighted by atomic mass is 14.9. The molecule has 0 aliphatic rings. The van der Waals surface area contributed by atoms with Crippen LogP contribution in [0.25, 0.3) is 56.0 Å². The molecular formula is C26H18N4. The Kier molecular flexibility index (Phi) is 3.74. The summed E-state index contributed by atoms with van der Waals surface area (Å²) in [6.07, 6.45) is 0. The minimum atomic E-state index is 0.867. The first-order valence-electron chi connectivity index (χ1n) is 9.95. The summed E-state index contributed by atoms with van der Waals surface area (Å²) in [6, 6.07) is 33.0. The summed E-state index contributed by atoms with van der Waals surface area (Å²) in [5.74, 6) is 1.73. The number of nitrogens with one attached hydrogen (secondary N) is 2. The molecule has 0 saturated carbocycles. The zero-order valence-corrected chi connectivity index (χ0v) is 16.1. The molecule has 0 bridgehead atoms. The highest BCUT2D eigenvalue weighted by Crippen LogP contribution is 2.37. The molecule has 0 atom stereocenters. The number of aromatic amines is 2. The minimum absolute atomic E-state index is 0.867. The maximum absolute atomic E-state index is 4.83. The number of rotatable bonds is 3. The van der Waals surface area contributed by atoms with E-state index in [4.69, 9.17) is 9.97 Å². The van der Waals surface area contributed by atoms with Crippen LogP contribution >= 0.6 is 0 Å². The van der Waals surface area contributed by atoms with Crippen molar-refractivity contribution in [1.82, 2.24) is 19.9 Å². The summed E-state index contributed by atoms with van der Waals surface area (Å²) in [5, 5.41) is 0. The summed E-state index contributed by atoms with van der Waals surface area (Å²) in [6.45, 7) is 0. The van der Waals surface area contributed by atoms with Crippen LogP contribution in [0.5, 0.6) is 0 Å². The molecule has 2 N–H and O–H groups in total. The van der Waals surface area contributed by atoms with Gasteiger partial charge >= 0.3 is 0 Å². The van der Waals surface area contributed by atoms with Crippen molar-refractivity contribution in [2.24, 2.45) is 0 Å². The van der Waals surface area contributed by atoms with Gasteiger partial charge in [0.2, 0.25) is 0 Å². The molecule has 4 aromatic carbocycles. The molecule has 0 radical (unpaired) electrons. The SMILES string of the molecule is c1ccc(-c2ccccc2-c2nc3ccccc3[nH]2)c(-c2nc3ccccc3[nH]2)c1. The van der Waals surface area contributed by atoms with Gasteiger partial charge in [-0.25, -0.2) is 9.97 Å². The summed E-state index contributed by atoms with van der Waals surface area (Å²) < 4.78 is 0. The molecule has 2 aromatic heterocycles. The molecule has 0 amide bonds. The van der Waals surface area contributed by atoms with Crippen molar-refractivity contribution in [3.63, 3.8) is 0 Å². The fourth-order valence-corrected chi connectivity index (χ4v) is 4.01. The number of para-hydroxylation sites is 4. The van der Waals surface area contributed by atoms with Crippen LogP contribution in [0.4, 0.5) is 0 Å². The average Bonchev–Trinajstić information content (AvgIpc) is 3.43. The largest absolute Gasteiger partial charge is 0.338 e. The Morgan fingerprint density at radius 2 is 0.767 bits per heavy atom. The van der Waals surface area contributed by atoms with Crippen molar-refractivity contribution >= 4 is 22.1 Å². The number of hydrogen-bond acceptors (Lipinski definition) is 2. The Bertz CT molecular complexity index is 1320. The van der Waals surface area contributed by atoms with E-state index < -0.39 is 0 Å². The van der Waals surface area contributed by atoms with E-state index in [2.05, 4.69) is 70.6 Å². The standard InChI is InChI=1S/C26H18N4/c1-3-11-19(25-27-21-13-5-6-14-22(21)28-25)17(9-1)18-10-2-4-12-20(18)26-29-23-15-7-8-16-24(23)30-26/h1-16H,(H,27,28)(H,29,30). The van der Waals surface area contributed by atoms with Gasteiger partial charge in [-0.1, -0.05) is 72.8 Å². The number of nitrogens with zero attached hydrogens (tertiary/aromatic N) is 2. The van der Waals surface area contributed by atoms with Crippen LogP contribution in [0, 0.1) is 0 Å². The van der Waals surface area contributed by atoms with E-state index in [0.29, 0.717) is 0 Å². The van der Waals surface area contributed by atoms with Crippen LogP contribution in [0.2, 0.25) is 0 Å². The summed E-state index contributed by atoms with van der Waals surface area (Å²) in [4.78, 5) is 16.6. The number of imidazole rings is 2. The first-order chi connectivity index (χ1) is 14.9. The molecule has 0 aliphatic heterocycles. The van der Waals surface area contributed by atoms with Crippen LogP contribution in [0.3, 0.4) is 0 Å². The first-order valence-corrected chi connectivity index (χ1v) is 9.95. The van der Waals surface area contributed by atoms with Crippen molar-refractivity contribution in [1.29, 1.82) is 0 Å². The number of H-pyrrole nitrogens is 2. The Morgan fingerprint density at radius 3 is 1.20 bits per heavy atom. The van der Waals surface area contributed by atoms with E-state index in [9.17, 15) is 0 Å². The predicted octanol–water partition coefficient (Wildman–Crippen LogP) is 6.44. The molecular weight excluding hydrogens is 368 g/mol. The molecule has 142 valence electrons. The van der Waals surface area contributed by atoms with E-state index in [1.54, 1.807) is 0 Å². The van der Waals surface area contributed by atoms with Crippen molar-refractivity contribution < 1.29 is 0 Å². The molecule has 6 rings (SSSR count). The van der Waals surface area contributed by atoms with Gasteiger partial charge in [0.15, 0.2) is 0 Å². The van der Waals surface area contributed by atoms with Gasteiger partial charge in [0.1, 0.15) is 11.6 Å². The van der Waals surface area contributed by atoms with Crippen molar-refractivity contribution in [2.45, 2.75) is 0 Å². The second-order valence-electron chi connectivity index (χ2n) is 7.30. The van der Waals surface area contributed by atoms with Crippen molar-refractivity contribution in [3.05, 3.63) is 97.1 Å². The lowest BCUT2D eigenvalue weighted by atomic mass is 9.94. The number of fused-ring (bicyclic) bond motifs is 2. The Labute approximate surface area is 173 Å². The number of hydrogen-bond donors (Lipinski definition) is 2. The minimum Gasteiger partial charge on any atom is -0.338 e. The molecule has 0 saturated heterocycles. The first kappa shape index (κ1) is 16.7. The predicted molar refractivity (Wildman–Crippen MR) is 122 cm³/mol. The fourth-order valence-electron chi connectivity index (χ4n) is 4.01. The smallest absolute Gasteiger partial charge is 0.139 e. The maximum Gasteiger partial charge on any atom is 0.139 e. The van der Waals surface area contributed by atoms with Crippen LogP contribution in [-0.2, 0) is 0 Å². The van der Waals surface area contributed by atoms with Gasteiger partial charge in [0.25, 0.3) is 0 Å². The quantitative estimate of drug-likeness (QED) is 0.368. The highest BCUT2D eigenvalue weighted by Gasteiger charge is 2.16. The molecule has 0 aliphatic carbocycles. The van der Waals surface area contributed by atoms with E-state index in [1.807, 2.05) is 36.4 Å². The number of aromatic nitrogens is 4. The van der Waals surface area contributed by atoms with E-state index in [-0.39, 0.29) is 0 Å². The summed E-state index contributed by atoms with van der Waals surface area (Å²) in [5.41, 5.74) is 8.37. The molecule has 4 heteroatoms. The van der Waals surface area contributed by atoms with Gasteiger partial charge in [-0.3, -0.25) is 0 Å². The van der Waals surface area contributed by atoms with Gasteiger partial charge in [-0.2, -0.15) is 0 Å². The average molecular weight is 386 g/mol. The van der Waals surface area contributed by atoms with Gasteiger partial charge < -0.3 is 9.97 Å². The monoisotopic (exact) mass is 386 g/mol. The van der Waals surface area contributed by atoms with Gasteiger partial charge in [-0.05, 0) is 35.4 Å². The second-order valence-corrected chi connectivity index (χ2v) is 7.30. The normalized spacial score (nSPS) is 11.3.